The van der Waals surface area contributed by atoms with Gasteiger partial charge in [0, 0.05) is 6.54 Å². The molecule has 4 nitrogen and oxygen atoms in total. The van der Waals surface area contributed by atoms with Crippen molar-refractivity contribution in [3.8, 4) is 0 Å². The summed E-state index contributed by atoms with van der Waals surface area (Å²) in [7, 11) is 0. The summed E-state index contributed by atoms with van der Waals surface area (Å²) < 4.78 is 33.3. The van der Waals surface area contributed by atoms with Crippen molar-refractivity contribution in [1.82, 2.24) is 4.90 Å². The molecule has 0 aromatic heterocycles. The van der Waals surface area contributed by atoms with Crippen LogP contribution in [0.25, 0.3) is 0 Å². The summed E-state index contributed by atoms with van der Waals surface area (Å²) >= 11 is 0. The van der Waals surface area contributed by atoms with Crippen LogP contribution < -0.4 is 0 Å². The number of carbonyl (C=O) groups excluding carboxylic acids is 1. The molecule has 0 saturated carbocycles. The Kier molecular flexibility index (Phi) is 4.07. The molecule has 1 unspecified atom stereocenters. The number of hydrogen-bond donors (Lipinski definition) is 0. The second kappa shape index (κ2) is 4.95. The Bertz CT molecular complexity index is 253. The first-order valence-electron chi connectivity index (χ1n) is 5.19. The molecule has 0 aromatic carbocycles. The number of alkyl halides is 2. The smallest absolute Gasteiger partial charge is 0.410 e. The summed E-state index contributed by atoms with van der Waals surface area (Å²) in [5.41, 5.74) is -0.571. The Morgan fingerprint density at radius 3 is 2.56 bits per heavy atom. The number of halogens is 2. The van der Waals surface area contributed by atoms with Gasteiger partial charge in [0.15, 0.2) is 0 Å². The van der Waals surface area contributed by atoms with Crippen molar-refractivity contribution in [1.29, 1.82) is 0 Å². The molecular weight excluding hydrogens is 220 g/mol. The number of hydrogen-bond acceptors (Lipinski definition) is 3. The number of amides is 1. The van der Waals surface area contributed by atoms with Gasteiger partial charge in [0.1, 0.15) is 5.60 Å². The average molecular weight is 237 g/mol. The minimum absolute atomic E-state index is 0.166. The van der Waals surface area contributed by atoms with Crippen LogP contribution in [0.5, 0.6) is 0 Å². The number of nitrogens with zero attached hydrogens (tertiary/aromatic N) is 1. The fourth-order valence-corrected chi connectivity index (χ4v) is 1.48. The first-order chi connectivity index (χ1) is 7.28. The zero-order valence-electron chi connectivity index (χ0n) is 9.70. The monoisotopic (exact) mass is 237 g/mol. The zero-order valence-corrected chi connectivity index (χ0v) is 9.70. The Morgan fingerprint density at radius 2 is 2.06 bits per heavy atom. The SMILES string of the molecule is CC(C)(C)OC(=O)N1CCC(OC(F)F)C1. The van der Waals surface area contributed by atoms with E-state index in [1.165, 1.54) is 4.90 Å². The van der Waals surface area contributed by atoms with Crippen molar-refractivity contribution >= 4 is 6.09 Å². The minimum atomic E-state index is -2.79. The number of rotatable bonds is 2. The maximum atomic E-state index is 11.9. The highest BCUT2D eigenvalue weighted by molar-refractivity contribution is 5.68. The molecule has 94 valence electrons. The van der Waals surface area contributed by atoms with E-state index in [1.54, 1.807) is 20.8 Å². The zero-order chi connectivity index (χ0) is 12.3. The van der Waals surface area contributed by atoms with Gasteiger partial charge >= 0.3 is 12.7 Å². The van der Waals surface area contributed by atoms with E-state index < -0.39 is 24.4 Å². The molecule has 1 amide bonds. The van der Waals surface area contributed by atoms with E-state index in [9.17, 15) is 13.6 Å². The van der Waals surface area contributed by atoms with Crippen LogP contribution in [0.2, 0.25) is 0 Å². The van der Waals surface area contributed by atoms with E-state index in [4.69, 9.17) is 4.74 Å². The van der Waals surface area contributed by atoms with Crippen LogP contribution in [0.4, 0.5) is 13.6 Å². The Hall–Kier alpha value is -0.910. The highest BCUT2D eigenvalue weighted by Gasteiger charge is 2.31. The predicted octanol–water partition coefficient (Wildman–Crippen LogP) is 2.24. The molecule has 1 atom stereocenters. The Balaban J connectivity index is 2.38. The van der Waals surface area contributed by atoms with Crippen LogP contribution in [0.3, 0.4) is 0 Å². The second-order valence-corrected chi connectivity index (χ2v) is 4.73. The van der Waals surface area contributed by atoms with E-state index in [0.717, 1.165) is 0 Å². The van der Waals surface area contributed by atoms with Crippen LogP contribution in [0, 0.1) is 0 Å². The minimum Gasteiger partial charge on any atom is -0.444 e. The number of carbonyl (C=O) groups is 1. The highest BCUT2D eigenvalue weighted by atomic mass is 19.3. The average Bonchev–Trinajstić information content (AvgIpc) is 2.48. The molecule has 0 aromatic rings. The van der Waals surface area contributed by atoms with Crippen molar-refractivity contribution in [2.24, 2.45) is 0 Å². The summed E-state index contributed by atoms with van der Waals surface area (Å²) in [6, 6.07) is 0. The van der Waals surface area contributed by atoms with Gasteiger partial charge in [-0.3, -0.25) is 0 Å². The van der Waals surface area contributed by atoms with Crippen molar-refractivity contribution in [3.63, 3.8) is 0 Å². The number of ether oxygens (including phenoxy) is 2. The molecule has 1 rings (SSSR count). The van der Waals surface area contributed by atoms with Gasteiger partial charge < -0.3 is 14.4 Å². The summed E-state index contributed by atoms with van der Waals surface area (Å²) in [6.45, 7) is 3.05. The Morgan fingerprint density at radius 1 is 1.44 bits per heavy atom. The first kappa shape index (κ1) is 13.2. The normalized spacial score (nSPS) is 21.6. The summed E-state index contributed by atoms with van der Waals surface area (Å²) in [4.78, 5) is 12.9. The lowest BCUT2D eigenvalue weighted by Crippen LogP contribution is -2.36. The molecular formula is C10H17F2NO3. The van der Waals surface area contributed by atoms with Crippen LogP contribution in [-0.2, 0) is 9.47 Å². The predicted molar refractivity (Wildman–Crippen MR) is 53.3 cm³/mol. The van der Waals surface area contributed by atoms with Crippen LogP contribution in [0.15, 0.2) is 0 Å². The van der Waals surface area contributed by atoms with Gasteiger partial charge in [0.05, 0.1) is 12.6 Å². The molecule has 0 aliphatic carbocycles. The second-order valence-electron chi connectivity index (χ2n) is 4.73. The van der Waals surface area contributed by atoms with Gasteiger partial charge in [0.25, 0.3) is 0 Å². The highest BCUT2D eigenvalue weighted by Crippen LogP contribution is 2.18. The van der Waals surface area contributed by atoms with Gasteiger partial charge in [-0.25, -0.2) is 4.79 Å². The molecule has 1 saturated heterocycles. The topological polar surface area (TPSA) is 38.8 Å². The fraction of sp³-hybridized carbons (Fsp3) is 0.900. The summed E-state index contributed by atoms with van der Waals surface area (Å²) in [5.74, 6) is 0. The van der Waals surface area contributed by atoms with E-state index in [1.807, 2.05) is 0 Å². The molecule has 1 aliphatic heterocycles. The third-order valence-corrected chi connectivity index (χ3v) is 2.09. The first-order valence-corrected chi connectivity index (χ1v) is 5.19. The number of likely N-dealkylation sites (tertiary alicyclic amines) is 1. The standard InChI is InChI=1S/C10H17F2NO3/c1-10(2,3)16-9(14)13-5-4-7(6-13)15-8(11)12/h7-8H,4-6H2,1-3H3. The van der Waals surface area contributed by atoms with E-state index in [2.05, 4.69) is 4.74 Å². The van der Waals surface area contributed by atoms with Gasteiger partial charge in [-0.05, 0) is 27.2 Å². The third kappa shape index (κ3) is 4.30. The van der Waals surface area contributed by atoms with Gasteiger partial charge in [-0.1, -0.05) is 0 Å². The fourth-order valence-electron chi connectivity index (χ4n) is 1.48. The molecule has 0 bridgehead atoms. The Labute approximate surface area is 93.5 Å². The molecule has 0 N–H and O–H groups in total. The lowest BCUT2D eigenvalue weighted by molar-refractivity contribution is -0.158. The van der Waals surface area contributed by atoms with Crippen LogP contribution >= 0.6 is 0 Å². The van der Waals surface area contributed by atoms with Crippen molar-refractivity contribution in [2.45, 2.75) is 45.5 Å². The van der Waals surface area contributed by atoms with Crippen molar-refractivity contribution in [2.75, 3.05) is 13.1 Å². The van der Waals surface area contributed by atoms with Crippen LogP contribution in [-0.4, -0.2) is 42.4 Å². The quantitative estimate of drug-likeness (QED) is 0.739. The lowest BCUT2D eigenvalue weighted by atomic mass is 10.2. The molecule has 16 heavy (non-hydrogen) atoms. The van der Waals surface area contributed by atoms with Gasteiger partial charge in [-0.2, -0.15) is 8.78 Å². The molecule has 1 fully saturated rings. The van der Waals surface area contributed by atoms with E-state index >= 15 is 0 Å². The maximum Gasteiger partial charge on any atom is 0.410 e. The van der Waals surface area contributed by atoms with Crippen molar-refractivity contribution in [3.05, 3.63) is 0 Å². The van der Waals surface area contributed by atoms with Crippen molar-refractivity contribution < 1.29 is 23.0 Å². The molecule has 0 radical (unpaired) electrons. The summed E-state index contributed by atoms with van der Waals surface area (Å²) in [5, 5.41) is 0. The maximum absolute atomic E-state index is 11.9. The largest absolute Gasteiger partial charge is 0.444 e. The van der Waals surface area contributed by atoms with Gasteiger partial charge in [-0.15, -0.1) is 0 Å². The lowest BCUT2D eigenvalue weighted by Gasteiger charge is -2.24. The van der Waals surface area contributed by atoms with E-state index in [-0.39, 0.29) is 6.54 Å². The van der Waals surface area contributed by atoms with E-state index in [0.29, 0.717) is 13.0 Å². The third-order valence-electron chi connectivity index (χ3n) is 2.09. The molecule has 6 heteroatoms. The van der Waals surface area contributed by atoms with Crippen LogP contribution in [0.1, 0.15) is 27.2 Å². The molecule has 1 heterocycles. The molecule has 1 aliphatic rings. The summed E-state index contributed by atoms with van der Waals surface area (Å²) in [6.07, 6.45) is -0.649. The van der Waals surface area contributed by atoms with Gasteiger partial charge in [0.2, 0.25) is 0 Å². The molecule has 0 spiro atoms.